The maximum atomic E-state index is 11.6. The normalized spacial score (nSPS) is 11.1. The van der Waals surface area contributed by atoms with Crippen molar-refractivity contribution < 1.29 is 9.60 Å². The van der Waals surface area contributed by atoms with Crippen molar-refractivity contribution in [3.05, 3.63) is 65.4 Å². The maximum Gasteiger partial charge on any atom is 0.147 e. The average Bonchev–Trinajstić information content (AvgIpc) is 2.47. The molecule has 0 heterocycles. The Morgan fingerprint density at radius 3 is 2.42 bits per heavy atom. The summed E-state index contributed by atoms with van der Waals surface area (Å²) >= 11 is 0. The molecule has 0 aromatic heterocycles. The van der Waals surface area contributed by atoms with E-state index in [9.17, 15) is 5.21 Å². The zero-order valence-electron chi connectivity index (χ0n) is 10.6. The number of anilines is 1. The largest absolute Gasteiger partial charge is 0.696 e. The standard InChI is InChI=1S/C14H15N3O2/c1-19-14-9-7-13(8-10-14)15-16-17(18)11-12-5-3-2-4-6-12/h2-10,15H,11H2,1H3. The predicted octanol–water partition coefficient (Wildman–Crippen LogP) is 3.18. The van der Waals surface area contributed by atoms with E-state index in [0.29, 0.717) is 4.86 Å². The summed E-state index contributed by atoms with van der Waals surface area (Å²) in [6.45, 7) is 0.212. The number of benzene rings is 2. The fourth-order valence-electron chi connectivity index (χ4n) is 1.55. The third-order valence-electron chi connectivity index (χ3n) is 2.54. The molecule has 0 fully saturated rings. The zero-order valence-corrected chi connectivity index (χ0v) is 10.6. The van der Waals surface area contributed by atoms with Crippen LogP contribution >= 0.6 is 0 Å². The fraction of sp³-hybridized carbons (Fsp3) is 0.143. The summed E-state index contributed by atoms with van der Waals surface area (Å²) in [6, 6.07) is 16.6. The summed E-state index contributed by atoms with van der Waals surface area (Å²) in [6.07, 6.45) is 0. The van der Waals surface area contributed by atoms with Crippen LogP contribution in [0.25, 0.3) is 0 Å². The van der Waals surface area contributed by atoms with E-state index in [1.54, 1.807) is 31.4 Å². The van der Waals surface area contributed by atoms with Gasteiger partial charge in [0.2, 0.25) is 0 Å². The molecule has 19 heavy (non-hydrogen) atoms. The van der Waals surface area contributed by atoms with Gasteiger partial charge in [0, 0.05) is 0 Å². The number of hydrogen-bond acceptors (Lipinski definition) is 3. The molecule has 0 bridgehead atoms. The van der Waals surface area contributed by atoms with Gasteiger partial charge in [0.1, 0.15) is 18.0 Å². The molecule has 0 saturated carbocycles. The Kier molecular flexibility index (Phi) is 4.34. The second-order valence-corrected chi connectivity index (χ2v) is 3.94. The molecule has 5 nitrogen and oxygen atoms in total. The summed E-state index contributed by atoms with van der Waals surface area (Å²) in [4.78, 5) is 0.611. The van der Waals surface area contributed by atoms with Gasteiger partial charge in [-0.2, -0.15) is 4.86 Å². The molecule has 2 aromatic rings. The number of ether oxygens (including phenoxy) is 1. The summed E-state index contributed by atoms with van der Waals surface area (Å²) in [5, 5.41) is 15.3. The Balaban J connectivity index is 1.93. The van der Waals surface area contributed by atoms with Crippen molar-refractivity contribution in [1.82, 2.24) is 0 Å². The Morgan fingerprint density at radius 2 is 1.79 bits per heavy atom. The number of methoxy groups -OCH3 is 1. The molecular weight excluding hydrogens is 242 g/mol. The lowest BCUT2D eigenvalue weighted by Crippen LogP contribution is -2.04. The summed E-state index contributed by atoms with van der Waals surface area (Å²) in [5.74, 6) is 0.758. The van der Waals surface area contributed by atoms with Crippen LogP contribution in [0.1, 0.15) is 5.56 Å². The molecule has 1 N–H and O–H groups in total. The van der Waals surface area contributed by atoms with E-state index in [1.807, 2.05) is 30.3 Å². The molecule has 0 aliphatic carbocycles. The van der Waals surface area contributed by atoms with Crippen molar-refractivity contribution in [2.45, 2.75) is 6.54 Å². The van der Waals surface area contributed by atoms with Crippen molar-refractivity contribution in [2.75, 3.05) is 12.5 Å². The van der Waals surface area contributed by atoms with E-state index < -0.39 is 0 Å². The number of hydrogen-bond donors (Lipinski definition) is 1. The van der Waals surface area contributed by atoms with E-state index >= 15 is 0 Å². The van der Waals surface area contributed by atoms with Gasteiger partial charge in [0.25, 0.3) is 0 Å². The number of nitrogens with zero attached hydrogens (tertiary/aromatic N) is 2. The van der Waals surface area contributed by atoms with E-state index in [-0.39, 0.29) is 6.54 Å². The first-order chi connectivity index (χ1) is 9.28. The van der Waals surface area contributed by atoms with Crippen molar-refractivity contribution in [2.24, 2.45) is 5.22 Å². The molecule has 0 aliphatic rings. The summed E-state index contributed by atoms with van der Waals surface area (Å²) in [5.41, 5.74) is 4.34. The molecule has 5 heteroatoms. The van der Waals surface area contributed by atoms with Gasteiger partial charge in [-0.05, 0) is 29.8 Å². The Morgan fingerprint density at radius 1 is 1.11 bits per heavy atom. The molecule has 2 aromatic carbocycles. The highest BCUT2D eigenvalue weighted by atomic mass is 16.5. The minimum Gasteiger partial charge on any atom is -0.696 e. The lowest BCUT2D eigenvalue weighted by molar-refractivity contribution is -0.544. The lowest BCUT2D eigenvalue weighted by Gasteiger charge is -2.06. The van der Waals surface area contributed by atoms with E-state index in [2.05, 4.69) is 10.6 Å². The van der Waals surface area contributed by atoms with Gasteiger partial charge in [-0.15, -0.1) is 5.43 Å². The quantitative estimate of drug-likeness (QED) is 0.508. The van der Waals surface area contributed by atoms with Crippen LogP contribution in [0.3, 0.4) is 0 Å². The van der Waals surface area contributed by atoms with Crippen LogP contribution in [-0.4, -0.2) is 12.0 Å². The van der Waals surface area contributed by atoms with Crippen molar-refractivity contribution >= 4 is 5.69 Å². The SMILES string of the molecule is COc1ccc(NN=[N+]([O-])Cc2ccccc2)cc1. The van der Waals surface area contributed by atoms with Crippen molar-refractivity contribution in [1.29, 1.82) is 0 Å². The second-order valence-electron chi connectivity index (χ2n) is 3.94. The highest BCUT2D eigenvalue weighted by Gasteiger charge is 1.98. The van der Waals surface area contributed by atoms with Crippen molar-refractivity contribution in [3.63, 3.8) is 0 Å². The minimum absolute atomic E-state index is 0.212. The van der Waals surface area contributed by atoms with Gasteiger partial charge in [0.05, 0.1) is 12.3 Å². The van der Waals surface area contributed by atoms with E-state index in [0.717, 1.165) is 17.0 Å². The molecule has 0 atom stereocenters. The van der Waals surface area contributed by atoms with Crippen LogP contribution in [0.4, 0.5) is 5.69 Å². The van der Waals surface area contributed by atoms with Gasteiger partial charge in [-0.3, -0.25) is 0 Å². The van der Waals surface area contributed by atoms with Gasteiger partial charge < -0.3 is 9.94 Å². The van der Waals surface area contributed by atoms with Crippen molar-refractivity contribution in [3.8, 4) is 5.75 Å². The monoisotopic (exact) mass is 257 g/mol. The second kappa shape index (κ2) is 6.39. The number of nitrogens with one attached hydrogen (secondary N) is 1. The van der Waals surface area contributed by atoms with Crippen LogP contribution in [0.15, 0.2) is 59.8 Å². The molecule has 0 amide bonds. The summed E-state index contributed by atoms with van der Waals surface area (Å²) < 4.78 is 5.04. The van der Waals surface area contributed by atoms with Gasteiger partial charge >= 0.3 is 0 Å². The fourth-order valence-corrected chi connectivity index (χ4v) is 1.55. The third-order valence-corrected chi connectivity index (χ3v) is 2.54. The first kappa shape index (κ1) is 12.9. The Labute approximate surface area is 111 Å². The molecule has 98 valence electrons. The van der Waals surface area contributed by atoms with Crippen LogP contribution in [0, 0.1) is 5.21 Å². The minimum atomic E-state index is 0.212. The van der Waals surface area contributed by atoms with Crippen LogP contribution in [0.2, 0.25) is 0 Å². The van der Waals surface area contributed by atoms with E-state index in [4.69, 9.17) is 4.74 Å². The highest BCUT2D eigenvalue weighted by molar-refractivity contribution is 5.45. The Hall–Kier alpha value is -2.56. The first-order valence-electron chi connectivity index (χ1n) is 5.87. The smallest absolute Gasteiger partial charge is 0.147 e. The number of rotatable bonds is 5. The summed E-state index contributed by atoms with van der Waals surface area (Å²) in [7, 11) is 1.60. The molecule has 0 saturated heterocycles. The molecule has 0 radical (unpaired) electrons. The molecule has 2 rings (SSSR count). The van der Waals surface area contributed by atoms with Gasteiger partial charge in [-0.25, -0.2) is 0 Å². The van der Waals surface area contributed by atoms with Gasteiger partial charge in [0.15, 0.2) is 0 Å². The van der Waals surface area contributed by atoms with Crippen LogP contribution in [-0.2, 0) is 6.54 Å². The molecule has 0 spiro atoms. The highest BCUT2D eigenvalue weighted by Crippen LogP contribution is 2.14. The molecule has 0 aliphatic heterocycles. The lowest BCUT2D eigenvalue weighted by atomic mass is 10.2. The topological polar surface area (TPSA) is 59.7 Å². The number of hydroxylamine groups is 1. The Bertz CT molecular complexity index is 538. The predicted molar refractivity (Wildman–Crippen MR) is 72.8 cm³/mol. The van der Waals surface area contributed by atoms with Crippen LogP contribution < -0.4 is 10.2 Å². The van der Waals surface area contributed by atoms with E-state index in [1.165, 1.54) is 0 Å². The maximum absolute atomic E-state index is 11.6. The molecule has 0 unspecified atom stereocenters. The first-order valence-corrected chi connectivity index (χ1v) is 5.87. The van der Waals surface area contributed by atoms with Crippen LogP contribution in [0.5, 0.6) is 5.75 Å². The third kappa shape index (κ3) is 3.99. The average molecular weight is 257 g/mol. The molecular formula is C14H15N3O2. The zero-order chi connectivity index (χ0) is 13.5. The van der Waals surface area contributed by atoms with Gasteiger partial charge in [-0.1, -0.05) is 30.3 Å².